The summed E-state index contributed by atoms with van der Waals surface area (Å²) >= 11 is 3.59. The zero-order chi connectivity index (χ0) is 14.5. The van der Waals surface area contributed by atoms with Crippen LogP contribution in [-0.4, -0.2) is 37.7 Å². The van der Waals surface area contributed by atoms with E-state index in [0.717, 1.165) is 29.9 Å². The van der Waals surface area contributed by atoms with Gasteiger partial charge in [0.05, 0.1) is 7.11 Å². The zero-order valence-electron chi connectivity index (χ0n) is 12.6. The Morgan fingerprint density at radius 3 is 2.58 bits per heavy atom. The number of rotatable bonds is 6. The molecule has 1 rings (SSSR count). The first-order valence-corrected chi connectivity index (χ1v) is 7.37. The van der Waals surface area contributed by atoms with Crippen LogP contribution in [0.5, 0.6) is 5.75 Å². The Morgan fingerprint density at radius 1 is 1.32 bits per heavy atom. The van der Waals surface area contributed by atoms with Gasteiger partial charge in [-0.25, -0.2) is 0 Å². The molecule has 19 heavy (non-hydrogen) atoms. The largest absolute Gasteiger partial charge is 0.497 e. The summed E-state index contributed by atoms with van der Waals surface area (Å²) in [7, 11) is 3.83. The second-order valence-corrected chi connectivity index (χ2v) is 6.73. The molecule has 0 saturated carbocycles. The Labute approximate surface area is 125 Å². The van der Waals surface area contributed by atoms with Crippen LogP contribution in [-0.2, 0) is 6.54 Å². The van der Waals surface area contributed by atoms with Gasteiger partial charge in [-0.1, -0.05) is 15.9 Å². The number of halogens is 1. The molecule has 1 aromatic rings. The summed E-state index contributed by atoms with van der Waals surface area (Å²) in [4.78, 5) is 2.30. The molecular formula is C15H25BrN2O. The van der Waals surface area contributed by atoms with Crippen molar-refractivity contribution in [3.05, 3.63) is 28.2 Å². The second kappa shape index (κ2) is 7.27. The average molecular weight is 329 g/mol. The standard InChI is InChI=1S/C15H25BrN2O/c1-15(2,3)17-8-9-18(4)11-12-10-13(19-5)6-7-14(12)16/h6-7,10,17H,8-9,11H2,1-5H3. The number of likely N-dealkylation sites (N-methyl/N-ethyl adjacent to an activating group) is 1. The van der Waals surface area contributed by atoms with Gasteiger partial charge in [0.25, 0.3) is 0 Å². The van der Waals surface area contributed by atoms with Gasteiger partial charge in [-0.3, -0.25) is 0 Å². The predicted molar refractivity (Wildman–Crippen MR) is 84.8 cm³/mol. The number of ether oxygens (including phenoxy) is 1. The molecule has 0 heterocycles. The van der Waals surface area contributed by atoms with Gasteiger partial charge in [-0.2, -0.15) is 0 Å². The summed E-state index contributed by atoms with van der Waals surface area (Å²) in [5, 5.41) is 3.50. The van der Waals surface area contributed by atoms with E-state index in [1.807, 2.05) is 12.1 Å². The molecule has 1 aromatic carbocycles. The molecule has 0 saturated heterocycles. The maximum absolute atomic E-state index is 5.27. The summed E-state index contributed by atoms with van der Waals surface area (Å²) in [6, 6.07) is 6.09. The van der Waals surface area contributed by atoms with Crippen molar-refractivity contribution in [2.24, 2.45) is 0 Å². The Balaban J connectivity index is 2.50. The summed E-state index contributed by atoms with van der Waals surface area (Å²) in [5.74, 6) is 0.902. The van der Waals surface area contributed by atoms with E-state index in [4.69, 9.17) is 4.74 Å². The van der Waals surface area contributed by atoms with E-state index in [2.05, 4.69) is 60.0 Å². The predicted octanol–water partition coefficient (Wildman–Crippen LogP) is 3.28. The fraction of sp³-hybridized carbons (Fsp3) is 0.600. The van der Waals surface area contributed by atoms with Crippen molar-refractivity contribution in [3.63, 3.8) is 0 Å². The SMILES string of the molecule is COc1ccc(Br)c(CN(C)CCNC(C)(C)C)c1. The molecule has 0 aliphatic rings. The first-order chi connectivity index (χ1) is 8.81. The van der Waals surface area contributed by atoms with E-state index in [1.165, 1.54) is 5.56 Å². The maximum atomic E-state index is 5.27. The van der Waals surface area contributed by atoms with Crippen molar-refractivity contribution in [3.8, 4) is 5.75 Å². The molecule has 0 radical (unpaired) electrons. The van der Waals surface area contributed by atoms with Gasteiger partial charge in [0.1, 0.15) is 5.75 Å². The third kappa shape index (κ3) is 6.41. The quantitative estimate of drug-likeness (QED) is 0.867. The van der Waals surface area contributed by atoms with Crippen molar-refractivity contribution in [2.75, 3.05) is 27.2 Å². The van der Waals surface area contributed by atoms with Crippen LogP contribution in [0.2, 0.25) is 0 Å². The molecule has 0 spiro atoms. The fourth-order valence-electron chi connectivity index (χ4n) is 1.79. The van der Waals surface area contributed by atoms with Gasteiger partial charge in [-0.15, -0.1) is 0 Å². The van der Waals surface area contributed by atoms with Crippen LogP contribution in [0.15, 0.2) is 22.7 Å². The number of nitrogens with zero attached hydrogens (tertiary/aromatic N) is 1. The van der Waals surface area contributed by atoms with Crippen molar-refractivity contribution in [1.29, 1.82) is 0 Å². The molecular weight excluding hydrogens is 304 g/mol. The Kier molecular flexibility index (Phi) is 6.30. The molecule has 4 heteroatoms. The number of nitrogens with one attached hydrogen (secondary N) is 1. The monoisotopic (exact) mass is 328 g/mol. The van der Waals surface area contributed by atoms with Crippen LogP contribution < -0.4 is 10.1 Å². The van der Waals surface area contributed by atoms with Crippen molar-refractivity contribution in [1.82, 2.24) is 10.2 Å². The van der Waals surface area contributed by atoms with Crippen LogP contribution in [0.4, 0.5) is 0 Å². The van der Waals surface area contributed by atoms with Crippen molar-refractivity contribution < 1.29 is 4.74 Å². The van der Waals surface area contributed by atoms with Crippen LogP contribution in [0.1, 0.15) is 26.3 Å². The molecule has 0 fully saturated rings. The molecule has 1 N–H and O–H groups in total. The average Bonchev–Trinajstić information content (AvgIpc) is 2.30. The molecule has 3 nitrogen and oxygen atoms in total. The van der Waals surface area contributed by atoms with Gasteiger partial charge in [0.2, 0.25) is 0 Å². The highest BCUT2D eigenvalue weighted by Crippen LogP contribution is 2.23. The highest BCUT2D eigenvalue weighted by atomic mass is 79.9. The van der Waals surface area contributed by atoms with Crippen LogP contribution >= 0.6 is 15.9 Å². The Morgan fingerprint density at radius 2 is 2.00 bits per heavy atom. The molecule has 0 bridgehead atoms. The summed E-state index contributed by atoms with van der Waals surface area (Å²) in [5.41, 5.74) is 1.43. The molecule has 0 atom stereocenters. The Hall–Kier alpha value is -0.580. The highest BCUT2D eigenvalue weighted by Gasteiger charge is 2.10. The zero-order valence-corrected chi connectivity index (χ0v) is 14.2. The number of methoxy groups -OCH3 is 1. The molecule has 0 unspecified atom stereocenters. The lowest BCUT2D eigenvalue weighted by Crippen LogP contribution is -2.40. The van der Waals surface area contributed by atoms with Gasteiger partial charge in [0, 0.05) is 29.6 Å². The molecule has 0 amide bonds. The molecule has 0 aliphatic heterocycles. The first-order valence-electron chi connectivity index (χ1n) is 6.58. The minimum Gasteiger partial charge on any atom is -0.497 e. The van der Waals surface area contributed by atoms with E-state index in [9.17, 15) is 0 Å². The number of hydrogen-bond acceptors (Lipinski definition) is 3. The van der Waals surface area contributed by atoms with Gasteiger partial charge >= 0.3 is 0 Å². The van der Waals surface area contributed by atoms with Crippen LogP contribution in [0.3, 0.4) is 0 Å². The minimum absolute atomic E-state index is 0.178. The van der Waals surface area contributed by atoms with Gasteiger partial charge in [-0.05, 0) is 51.6 Å². The molecule has 108 valence electrons. The van der Waals surface area contributed by atoms with Crippen molar-refractivity contribution in [2.45, 2.75) is 32.9 Å². The lowest BCUT2D eigenvalue weighted by molar-refractivity contribution is 0.302. The molecule has 0 aromatic heterocycles. The highest BCUT2D eigenvalue weighted by molar-refractivity contribution is 9.10. The van der Waals surface area contributed by atoms with E-state index in [-0.39, 0.29) is 5.54 Å². The fourth-order valence-corrected chi connectivity index (χ4v) is 2.16. The third-order valence-corrected chi connectivity index (χ3v) is 3.62. The Bertz CT molecular complexity index is 402. The van der Waals surface area contributed by atoms with E-state index in [1.54, 1.807) is 7.11 Å². The van der Waals surface area contributed by atoms with E-state index >= 15 is 0 Å². The summed E-state index contributed by atoms with van der Waals surface area (Å²) in [6.07, 6.45) is 0. The lowest BCUT2D eigenvalue weighted by atomic mass is 10.1. The van der Waals surface area contributed by atoms with Gasteiger partial charge in [0.15, 0.2) is 0 Å². The second-order valence-electron chi connectivity index (χ2n) is 5.87. The third-order valence-electron chi connectivity index (χ3n) is 2.84. The smallest absolute Gasteiger partial charge is 0.119 e. The van der Waals surface area contributed by atoms with Crippen LogP contribution in [0.25, 0.3) is 0 Å². The topological polar surface area (TPSA) is 24.5 Å². The van der Waals surface area contributed by atoms with Crippen LogP contribution in [0, 0.1) is 0 Å². The van der Waals surface area contributed by atoms with E-state index in [0.29, 0.717) is 0 Å². The van der Waals surface area contributed by atoms with Gasteiger partial charge < -0.3 is 15.0 Å². The maximum Gasteiger partial charge on any atom is 0.119 e. The van der Waals surface area contributed by atoms with Crippen molar-refractivity contribution >= 4 is 15.9 Å². The minimum atomic E-state index is 0.178. The summed E-state index contributed by atoms with van der Waals surface area (Å²) in [6.45, 7) is 9.47. The molecule has 0 aliphatic carbocycles. The lowest BCUT2D eigenvalue weighted by Gasteiger charge is -2.24. The number of hydrogen-bond donors (Lipinski definition) is 1. The summed E-state index contributed by atoms with van der Waals surface area (Å²) < 4.78 is 6.39. The normalized spacial score (nSPS) is 11.9. The van der Waals surface area contributed by atoms with E-state index < -0.39 is 0 Å². The number of benzene rings is 1. The first kappa shape index (κ1) is 16.5.